The second-order valence-corrected chi connectivity index (χ2v) is 7.50. The number of ether oxygens (including phenoxy) is 2. The van der Waals surface area contributed by atoms with E-state index in [9.17, 15) is 10.1 Å². The summed E-state index contributed by atoms with van der Waals surface area (Å²) in [7, 11) is 1.53. The molecular formula is C19H19ClN2O3. The number of nitrogens with zero attached hydrogens (tertiary/aromatic N) is 1. The van der Waals surface area contributed by atoms with Crippen LogP contribution in [0.3, 0.4) is 0 Å². The van der Waals surface area contributed by atoms with Gasteiger partial charge in [0.25, 0.3) is 0 Å². The first kappa shape index (κ1) is 17.4. The molecule has 0 saturated carbocycles. The number of carbonyl (C=O) groups excluding carboxylic acids is 1. The van der Waals surface area contributed by atoms with Gasteiger partial charge in [0.2, 0.25) is 5.88 Å². The van der Waals surface area contributed by atoms with Gasteiger partial charge in [-0.1, -0.05) is 31.5 Å². The summed E-state index contributed by atoms with van der Waals surface area (Å²) in [6.07, 6.45) is 0.988. The lowest BCUT2D eigenvalue weighted by Gasteiger charge is -2.37. The Kier molecular flexibility index (Phi) is 4.26. The lowest BCUT2D eigenvalue weighted by atomic mass is 9.70. The van der Waals surface area contributed by atoms with Gasteiger partial charge in [-0.3, -0.25) is 4.79 Å². The lowest BCUT2D eigenvalue weighted by molar-refractivity contribution is -0.119. The summed E-state index contributed by atoms with van der Waals surface area (Å²) in [5.74, 6) is 0.529. The Balaban J connectivity index is 2.18. The van der Waals surface area contributed by atoms with Crippen molar-refractivity contribution in [2.24, 2.45) is 11.1 Å². The van der Waals surface area contributed by atoms with Crippen molar-refractivity contribution in [3.8, 4) is 11.8 Å². The summed E-state index contributed by atoms with van der Waals surface area (Å²) >= 11 is 6.25. The molecule has 1 aromatic carbocycles. The fraction of sp³-hybridized carbons (Fsp3) is 0.368. The van der Waals surface area contributed by atoms with Gasteiger partial charge in [-0.15, -0.1) is 0 Å². The summed E-state index contributed by atoms with van der Waals surface area (Å²) in [5, 5.41) is 9.99. The number of benzene rings is 1. The monoisotopic (exact) mass is 358 g/mol. The third-order valence-corrected chi connectivity index (χ3v) is 4.88. The second kappa shape index (κ2) is 6.12. The zero-order chi connectivity index (χ0) is 18.4. The van der Waals surface area contributed by atoms with Gasteiger partial charge in [0.1, 0.15) is 23.2 Å². The maximum absolute atomic E-state index is 12.8. The zero-order valence-electron chi connectivity index (χ0n) is 14.4. The molecule has 0 radical (unpaired) electrons. The predicted molar refractivity (Wildman–Crippen MR) is 93.7 cm³/mol. The summed E-state index contributed by atoms with van der Waals surface area (Å²) in [4.78, 5) is 12.8. The molecule has 0 saturated heterocycles. The van der Waals surface area contributed by atoms with Gasteiger partial charge in [0.05, 0.1) is 18.1 Å². The highest BCUT2D eigenvalue weighted by Gasteiger charge is 2.43. The average Bonchev–Trinajstić information content (AvgIpc) is 2.52. The topological polar surface area (TPSA) is 85.3 Å². The van der Waals surface area contributed by atoms with Gasteiger partial charge in [0.15, 0.2) is 5.78 Å². The molecule has 1 aliphatic heterocycles. The Morgan fingerprint density at radius 2 is 2.12 bits per heavy atom. The maximum Gasteiger partial charge on any atom is 0.205 e. The van der Waals surface area contributed by atoms with Gasteiger partial charge in [-0.2, -0.15) is 5.26 Å². The fourth-order valence-electron chi connectivity index (χ4n) is 3.48. The van der Waals surface area contributed by atoms with Crippen molar-refractivity contribution in [3.63, 3.8) is 0 Å². The highest BCUT2D eigenvalue weighted by atomic mass is 35.5. The smallest absolute Gasteiger partial charge is 0.205 e. The SMILES string of the molecule is COc1ccc(C2C(C#N)=C(N)OC3=C2C(=O)CC(C)(C)C3)cc1Cl. The number of Topliss-reactive ketones (excluding diaryl/α,β-unsaturated/α-hetero) is 1. The number of nitrogens with two attached hydrogens (primary N) is 1. The number of ketones is 1. The molecule has 0 bridgehead atoms. The Morgan fingerprint density at radius 3 is 2.72 bits per heavy atom. The van der Waals surface area contributed by atoms with E-state index in [0.717, 1.165) is 0 Å². The van der Waals surface area contributed by atoms with Crippen LogP contribution in [-0.2, 0) is 9.53 Å². The number of methoxy groups -OCH3 is 1. The van der Waals surface area contributed by atoms with E-state index in [0.29, 0.717) is 40.5 Å². The van der Waals surface area contributed by atoms with Crippen LogP contribution in [0.5, 0.6) is 5.75 Å². The fourth-order valence-corrected chi connectivity index (χ4v) is 3.75. The molecule has 25 heavy (non-hydrogen) atoms. The van der Waals surface area contributed by atoms with Crippen molar-refractivity contribution in [1.29, 1.82) is 5.26 Å². The Morgan fingerprint density at radius 1 is 1.40 bits per heavy atom. The first-order valence-corrected chi connectivity index (χ1v) is 8.32. The molecule has 1 aliphatic carbocycles. The number of hydrogen-bond donors (Lipinski definition) is 1. The molecule has 0 fully saturated rings. The molecule has 0 aromatic heterocycles. The average molecular weight is 359 g/mol. The number of carbonyl (C=O) groups is 1. The van der Waals surface area contributed by atoms with Crippen molar-refractivity contribution >= 4 is 17.4 Å². The van der Waals surface area contributed by atoms with E-state index in [2.05, 4.69) is 6.07 Å². The van der Waals surface area contributed by atoms with Gasteiger partial charge >= 0.3 is 0 Å². The molecule has 130 valence electrons. The van der Waals surface area contributed by atoms with Crippen molar-refractivity contribution < 1.29 is 14.3 Å². The maximum atomic E-state index is 12.8. The van der Waals surface area contributed by atoms with Crippen LogP contribution in [0, 0.1) is 16.7 Å². The van der Waals surface area contributed by atoms with E-state index in [4.69, 9.17) is 26.8 Å². The van der Waals surface area contributed by atoms with Gasteiger partial charge in [-0.05, 0) is 23.1 Å². The largest absolute Gasteiger partial charge is 0.495 e. The molecule has 5 nitrogen and oxygen atoms in total. The Hall–Kier alpha value is -2.45. The number of hydrogen-bond acceptors (Lipinski definition) is 5. The minimum Gasteiger partial charge on any atom is -0.495 e. The summed E-state index contributed by atoms with van der Waals surface area (Å²) < 4.78 is 10.8. The van der Waals surface area contributed by atoms with Gasteiger partial charge in [-0.25, -0.2) is 0 Å². The zero-order valence-corrected chi connectivity index (χ0v) is 15.1. The van der Waals surface area contributed by atoms with Gasteiger partial charge in [0, 0.05) is 18.4 Å². The van der Waals surface area contributed by atoms with E-state index in [1.165, 1.54) is 7.11 Å². The highest BCUT2D eigenvalue weighted by molar-refractivity contribution is 6.32. The minimum atomic E-state index is -0.569. The normalized spacial score (nSPS) is 22.2. The Labute approximate surface area is 151 Å². The van der Waals surface area contributed by atoms with E-state index >= 15 is 0 Å². The number of allylic oxidation sites excluding steroid dienone is 3. The van der Waals surface area contributed by atoms with Crippen LogP contribution in [0.1, 0.15) is 38.2 Å². The van der Waals surface area contributed by atoms with Crippen molar-refractivity contribution in [2.75, 3.05) is 7.11 Å². The molecule has 0 spiro atoms. The van der Waals surface area contributed by atoms with Crippen LogP contribution in [0.25, 0.3) is 0 Å². The molecular weight excluding hydrogens is 340 g/mol. The molecule has 3 rings (SSSR count). The number of halogens is 1. The van der Waals surface area contributed by atoms with Crippen molar-refractivity contribution in [1.82, 2.24) is 0 Å². The lowest BCUT2D eigenvalue weighted by Crippen LogP contribution is -2.33. The number of rotatable bonds is 2. The van der Waals surface area contributed by atoms with Crippen LogP contribution in [0.15, 0.2) is 41.0 Å². The second-order valence-electron chi connectivity index (χ2n) is 7.10. The standard InChI is InChI=1S/C19H19ClN2O3/c1-19(2)7-13(23)17-15(8-19)25-18(22)11(9-21)16(17)10-4-5-14(24-3)12(20)6-10/h4-6,16H,7-8,22H2,1-3H3. The molecule has 1 unspecified atom stereocenters. The summed E-state index contributed by atoms with van der Waals surface area (Å²) in [5.41, 5.74) is 7.23. The molecule has 1 atom stereocenters. The van der Waals surface area contributed by atoms with Crippen LogP contribution >= 0.6 is 11.6 Å². The molecule has 2 aliphatic rings. The van der Waals surface area contributed by atoms with E-state index in [1.54, 1.807) is 18.2 Å². The molecule has 1 heterocycles. The minimum absolute atomic E-state index is 0.0246. The van der Waals surface area contributed by atoms with Crippen LogP contribution < -0.4 is 10.5 Å². The Bertz CT molecular complexity index is 862. The van der Waals surface area contributed by atoms with Crippen LogP contribution in [-0.4, -0.2) is 12.9 Å². The first-order chi connectivity index (χ1) is 11.8. The predicted octanol–water partition coefficient (Wildman–Crippen LogP) is 3.80. The molecule has 0 amide bonds. The van der Waals surface area contributed by atoms with E-state index < -0.39 is 5.92 Å². The van der Waals surface area contributed by atoms with Crippen LogP contribution in [0.2, 0.25) is 5.02 Å². The van der Waals surface area contributed by atoms with Crippen molar-refractivity contribution in [3.05, 3.63) is 51.6 Å². The third kappa shape index (κ3) is 2.98. The third-order valence-electron chi connectivity index (χ3n) is 4.58. The van der Waals surface area contributed by atoms with Crippen LogP contribution in [0.4, 0.5) is 0 Å². The highest BCUT2D eigenvalue weighted by Crippen LogP contribution is 2.48. The van der Waals surface area contributed by atoms with E-state index in [1.807, 2.05) is 13.8 Å². The number of nitriles is 1. The molecule has 6 heteroatoms. The molecule has 2 N–H and O–H groups in total. The quantitative estimate of drug-likeness (QED) is 0.869. The first-order valence-electron chi connectivity index (χ1n) is 7.94. The summed E-state index contributed by atoms with van der Waals surface area (Å²) in [6.45, 7) is 4.02. The summed E-state index contributed by atoms with van der Waals surface area (Å²) in [6, 6.07) is 7.31. The van der Waals surface area contributed by atoms with Gasteiger partial charge < -0.3 is 15.2 Å². The van der Waals surface area contributed by atoms with E-state index in [-0.39, 0.29) is 22.7 Å². The molecule has 1 aromatic rings. The van der Waals surface area contributed by atoms with Crippen molar-refractivity contribution in [2.45, 2.75) is 32.6 Å².